The summed E-state index contributed by atoms with van der Waals surface area (Å²) >= 11 is 0. The molecule has 0 saturated carbocycles. The molecule has 0 aliphatic rings. The van der Waals surface area contributed by atoms with Gasteiger partial charge in [-0.3, -0.25) is 4.79 Å². The highest BCUT2D eigenvalue weighted by Crippen LogP contribution is 2.08. The number of carbonyl (C=O) groups is 1. The Balaban J connectivity index is 4.26. The second kappa shape index (κ2) is 7.78. The molecule has 0 bridgehead atoms. The third-order valence-electron chi connectivity index (χ3n) is 2.25. The number of rotatable bonds is 6. The summed E-state index contributed by atoms with van der Waals surface area (Å²) in [6.07, 6.45) is 1.14. The topological polar surface area (TPSA) is 93.9 Å². The molecule has 2 N–H and O–H groups in total. The van der Waals surface area contributed by atoms with Crippen molar-refractivity contribution < 1.29 is 4.79 Å². The van der Waals surface area contributed by atoms with Gasteiger partial charge in [0.2, 0.25) is 5.91 Å². The lowest BCUT2D eigenvalue weighted by Gasteiger charge is -2.19. The van der Waals surface area contributed by atoms with Crippen molar-refractivity contribution in [3.63, 3.8) is 0 Å². The van der Waals surface area contributed by atoms with Crippen molar-refractivity contribution in [2.75, 3.05) is 19.6 Å². The zero-order valence-electron chi connectivity index (χ0n) is 8.94. The van der Waals surface area contributed by atoms with E-state index in [1.807, 2.05) is 19.1 Å². The normalized spacial score (nSPS) is 11.2. The highest BCUT2D eigenvalue weighted by Gasteiger charge is 2.16. The number of hydrogen-bond acceptors (Lipinski definition) is 4. The monoisotopic (exact) mass is 208 g/mol. The quantitative estimate of drug-likeness (QED) is 0.632. The number of nitriles is 2. The van der Waals surface area contributed by atoms with Crippen LogP contribution in [-0.2, 0) is 4.79 Å². The molecule has 1 atom stereocenters. The largest absolute Gasteiger partial charge is 0.330 e. The first-order valence-corrected chi connectivity index (χ1v) is 4.91. The summed E-state index contributed by atoms with van der Waals surface area (Å²) in [5.74, 6) is -0.0345. The highest BCUT2D eigenvalue weighted by molar-refractivity contribution is 5.77. The molecule has 15 heavy (non-hydrogen) atoms. The number of carbonyl (C=O) groups excluding carboxylic acids is 1. The van der Waals surface area contributed by atoms with Gasteiger partial charge in [0, 0.05) is 6.42 Å². The van der Waals surface area contributed by atoms with Gasteiger partial charge in [-0.2, -0.15) is 10.5 Å². The predicted octanol–water partition coefficient (Wildman–Crippen LogP) is 0.237. The molecule has 1 amide bonds. The second-order valence-corrected chi connectivity index (χ2v) is 3.28. The summed E-state index contributed by atoms with van der Waals surface area (Å²) < 4.78 is 0. The summed E-state index contributed by atoms with van der Waals surface area (Å²) in [5.41, 5.74) is 5.48. The Morgan fingerprint density at radius 3 is 2.27 bits per heavy atom. The Labute approximate surface area is 90.1 Å². The molecular formula is C10H16N4O. The smallest absolute Gasteiger partial charge is 0.224 e. The van der Waals surface area contributed by atoms with Crippen LogP contribution in [0.2, 0.25) is 0 Å². The van der Waals surface area contributed by atoms with Gasteiger partial charge in [-0.1, -0.05) is 13.3 Å². The van der Waals surface area contributed by atoms with E-state index >= 15 is 0 Å². The van der Waals surface area contributed by atoms with E-state index in [1.54, 1.807) is 0 Å². The van der Waals surface area contributed by atoms with Gasteiger partial charge < -0.3 is 10.6 Å². The van der Waals surface area contributed by atoms with Crippen LogP contribution in [0.5, 0.6) is 0 Å². The van der Waals surface area contributed by atoms with Crippen molar-refractivity contribution in [2.24, 2.45) is 11.7 Å². The minimum absolute atomic E-state index is 0.0343. The molecule has 0 rings (SSSR count). The molecule has 0 aromatic rings. The summed E-state index contributed by atoms with van der Waals surface area (Å²) in [6.45, 7) is 2.35. The lowest BCUT2D eigenvalue weighted by Crippen LogP contribution is -2.34. The molecule has 0 radical (unpaired) electrons. The summed E-state index contributed by atoms with van der Waals surface area (Å²) in [6, 6.07) is 3.73. The third kappa shape index (κ3) is 4.99. The van der Waals surface area contributed by atoms with Gasteiger partial charge >= 0.3 is 0 Å². The number of amides is 1. The molecule has 5 heteroatoms. The van der Waals surface area contributed by atoms with Crippen molar-refractivity contribution in [1.82, 2.24) is 4.90 Å². The first-order chi connectivity index (χ1) is 7.19. The maximum atomic E-state index is 11.6. The number of nitrogens with zero attached hydrogens (tertiary/aromatic N) is 3. The van der Waals surface area contributed by atoms with E-state index in [-0.39, 0.29) is 24.9 Å². The van der Waals surface area contributed by atoms with Crippen LogP contribution in [-0.4, -0.2) is 30.4 Å². The number of hydrogen-bond donors (Lipinski definition) is 1. The van der Waals surface area contributed by atoms with Crippen molar-refractivity contribution in [3.8, 4) is 12.1 Å². The molecule has 0 fully saturated rings. The van der Waals surface area contributed by atoms with Crippen molar-refractivity contribution in [3.05, 3.63) is 0 Å². The fourth-order valence-corrected chi connectivity index (χ4v) is 1.17. The van der Waals surface area contributed by atoms with E-state index in [2.05, 4.69) is 0 Å². The molecular weight excluding hydrogens is 192 g/mol. The van der Waals surface area contributed by atoms with Crippen molar-refractivity contribution in [1.29, 1.82) is 10.5 Å². The first-order valence-electron chi connectivity index (χ1n) is 4.91. The molecule has 82 valence electrons. The maximum Gasteiger partial charge on any atom is 0.224 e. The molecule has 0 heterocycles. The van der Waals surface area contributed by atoms with E-state index in [0.717, 1.165) is 6.42 Å². The van der Waals surface area contributed by atoms with E-state index in [9.17, 15) is 4.79 Å². The Bertz CT molecular complexity index is 256. The highest BCUT2D eigenvalue weighted by atomic mass is 16.2. The van der Waals surface area contributed by atoms with Crippen LogP contribution in [0.15, 0.2) is 0 Å². The summed E-state index contributed by atoms with van der Waals surface area (Å²) in [4.78, 5) is 12.9. The van der Waals surface area contributed by atoms with Crippen LogP contribution in [0.3, 0.4) is 0 Å². The van der Waals surface area contributed by atoms with Crippen LogP contribution < -0.4 is 5.73 Å². The molecule has 0 aliphatic carbocycles. The van der Waals surface area contributed by atoms with E-state index in [0.29, 0.717) is 13.0 Å². The maximum absolute atomic E-state index is 11.6. The van der Waals surface area contributed by atoms with Gasteiger partial charge in [0.1, 0.15) is 13.1 Å². The Morgan fingerprint density at radius 2 is 1.93 bits per heavy atom. The molecule has 0 spiro atoms. The van der Waals surface area contributed by atoms with E-state index in [1.165, 1.54) is 4.90 Å². The van der Waals surface area contributed by atoms with Gasteiger partial charge in [0.15, 0.2) is 0 Å². The van der Waals surface area contributed by atoms with Gasteiger partial charge in [-0.15, -0.1) is 0 Å². The Hall–Kier alpha value is -1.59. The minimum Gasteiger partial charge on any atom is -0.330 e. The summed E-state index contributed by atoms with van der Waals surface area (Å²) in [7, 11) is 0. The Morgan fingerprint density at radius 1 is 1.40 bits per heavy atom. The number of nitrogens with two attached hydrogens (primary N) is 1. The fourth-order valence-electron chi connectivity index (χ4n) is 1.17. The molecule has 5 nitrogen and oxygen atoms in total. The lowest BCUT2D eigenvalue weighted by molar-refractivity contribution is -0.131. The molecule has 0 saturated heterocycles. The SMILES string of the molecule is CCC(CN)CC(=O)N(CC#N)CC#N. The predicted molar refractivity (Wildman–Crippen MR) is 55.3 cm³/mol. The third-order valence-corrected chi connectivity index (χ3v) is 2.25. The average Bonchev–Trinajstić information content (AvgIpc) is 2.25. The van der Waals surface area contributed by atoms with Gasteiger partial charge in [-0.05, 0) is 12.5 Å². The van der Waals surface area contributed by atoms with E-state index < -0.39 is 0 Å². The summed E-state index contributed by atoms with van der Waals surface area (Å²) in [5, 5.41) is 17.0. The molecule has 0 aromatic carbocycles. The average molecular weight is 208 g/mol. The van der Waals surface area contributed by atoms with Gasteiger partial charge in [0.05, 0.1) is 12.1 Å². The van der Waals surface area contributed by atoms with Crippen LogP contribution in [0.1, 0.15) is 19.8 Å². The van der Waals surface area contributed by atoms with Crippen molar-refractivity contribution in [2.45, 2.75) is 19.8 Å². The zero-order valence-corrected chi connectivity index (χ0v) is 8.94. The van der Waals surface area contributed by atoms with E-state index in [4.69, 9.17) is 16.3 Å². The van der Waals surface area contributed by atoms with Crippen LogP contribution in [0, 0.1) is 28.6 Å². The molecule has 0 aliphatic heterocycles. The Kier molecular flexibility index (Phi) is 6.96. The van der Waals surface area contributed by atoms with Crippen LogP contribution >= 0.6 is 0 Å². The molecule has 1 unspecified atom stereocenters. The minimum atomic E-state index is -0.171. The van der Waals surface area contributed by atoms with Crippen LogP contribution in [0.4, 0.5) is 0 Å². The zero-order chi connectivity index (χ0) is 11.7. The van der Waals surface area contributed by atoms with Crippen molar-refractivity contribution >= 4 is 5.91 Å². The lowest BCUT2D eigenvalue weighted by atomic mass is 10.0. The first kappa shape index (κ1) is 13.4. The second-order valence-electron chi connectivity index (χ2n) is 3.28. The standard InChI is InChI=1S/C10H16N4O/c1-2-9(8-13)7-10(15)14(5-3-11)6-4-12/h9H,2,5-8,13H2,1H3. The van der Waals surface area contributed by atoms with Gasteiger partial charge in [0.25, 0.3) is 0 Å². The fraction of sp³-hybridized carbons (Fsp3) is 0.700. The van der Waals surface area contributed by atoms with Crippen LogP contribution in [0.25, 0.3) is 0 Å². The van der Waals surface area contributed by atoms with Gasteiger partial charge in [-0.25, -0.2) is 0 Å². The molecule has 0 aromatic heterocycles.